The Kier molecular flexibility index (Phi) is 4.01. The molecule has 0 atom stereocenters. The molecule has 3 aromatic heterocycles. The van der Waals surface area contributed by atoms with E-state index in [0.717, 1.165) is 5.56 Å². The minimum Gasteiger partial charge on any atom is -0.348 e. The van der Waals surface area contributed by atoms with Crippen LogP contribution in [0, 0.1) is 6.92 Å². The molecule has 3 heterocycles. The highest BCUT2D eigenvalue weighted by Gasteiger charge is 2.12. The maximum Gasteiger partial charge on any atom is 0.260 e. The summed E-state index contributed by atoms with van der Waals surface area (Å²) < 4.78 is 1.63. The van der Waals surface area contributed by atoms with Gasteiger partial charge in [-0.1, -0.05) is 6.07 Å². The van der Waals surface area contributed by atoms with Crippen molar-refractivity contribution in [2.75, 3.05) is 0 Å². The molecule has 0 bridgehead atoms. The van der Waals surface area contributed by atoms with E-state index in [0.29, 0.717) is 11.5 Å². The number of hydrogen-bond donors (Lipinski definition) is 2. The number of nitrogens with one attached hydrogen (secondary N) is 2. The first-order valence-corrected chi connectivity index (χ1v) is 7.07. The molecular weight excluding hydrogens is 294 g/mol. The van der Waals surface area contributed by atoms with E-state index in [2.05, 4.69) is 20.4 Å². The first kappa shape index (κ1) is 14.7. The first-order valence-electron chi connectivity index (χ1n) is 7.07. The molecule has 0 aromatic carbocycles. The molecule has 2 N–H and O–H groups in total. The van der Waals surface area contributed by atoms with Crippen molar-refractivity contribution in [2.24, 2.45) is 0 Å². The summed E-state index contributed by atoms with van der Waals surface area (Å²) in [6.45, 7) is 2.00. The van der Waals surface area contributed by atoms with E-state index in [9.17, 15) is 9.59 Å². The zero-order valence-corrected chi connectivity index (χ0v) is 12.5. The molecule has 1 amide bonds. The molecule has 0 spiro atoms. The van der Waals surface area contributed by atoms with E-state index in [1.54, 1.807) is 48.4 Å². The van der Waals surface area contributed by atoms with Crippen molar-refractivity contribution in [3.63, 3.8) is 0 Å². The van der Waals surface area contributed by atoms with Gasteiger partial charge in [0.25, 0.3) is 11.5 Å². The van der Waals surface area contributed by atoms with Crippen LogP contribution in [-0.2, 0) is 6.54 Å². The standard InChI is InChI=1S/C16H15N5O2/c1-11-5-6-13(16(23)20-11)15(22)18-10-12-4-2-7-17-14(12)21-9-3-8-19-21/h2-9H,10H2,1H3,(H,18,22)(H,20,23). The number of rotatable bonds is 4. The van der Waals surface area contributed by atoms with E-state index in [1.165, 1.54) is 6.07 Å². The third kappa shape index (κ3) is 3.18. The third-order valence-corrected chi connectivity index (χ3v) is 3.33. The summed E-state index contributed by atoms with van der Waals surface area (Å²) in [7, 11) is 0. The fourth-order valence-electron chi connectivity index (χ4n) is 2.19. The van der Waals surface area contributed by atoms with Crippen molar-refractivity contribution in [3.8, 4) is 5.82 Å². The second-order valence-electron chi connectivity index (χ2n) is 5.00. The Morgan fingerprint density at radius 2 is 2.13 bits per heavy atom. The Balaban J connectivity index is 1.79. The van der Waals surface area contributed by atoms with E-state index >= 15 is 0 Å². The number of amides is 1. The highest BCUT2D eigenvalue weighted by Crippen LogP contribution is 2.10. The van der Waals surface area contributed by atoms with Crippen LogP contribution in [0.25, 0.3) is 5.82 Å². The van der Waals surface area contributed by atoms with Gasteiger partial charge in [0, 0.05) is 36.4 Å². The topological polar surface area (TPSA) is 92.7 Å². The molecule has 0 radical (unpaired) electrons. The first-order chi connectivity index (χ1) is 11.1. The Hall–Kier alpha value is -3.22. The largest absolute Gasteiger partial charge is 0.348 e. The van der Waals surface area contributed by atoms with Gasteiger partial charge in [-0.05, 0) is 31.2 Å². The van der Waals surface area contributed by atoms with Crippen LogP contribution in [0.1, 0.15) is 21.6 Å². The highest BCUT2D eigenvalue weighted by atomic mass is 16.2. The van der Waals surface area contributed by atoms with Crippen molar-refractivity contribution < 1.29 is 4.79 Å². The molecule has 7 nitrogen and oxygen atoms in total. The summed E-state index contributed by atoms with van der Waals surface area (Å²) in [5.74, 6) is 0.206. The van der Waals surface area contributed by atoms with Gasteiger partial charge in [-0.25, -0.2) is 9.67 Å². The Bertz CT molecular complexity index is 883. The van der Waals surface area contributed by atoms with Crippen LogP contribution in [0.4, 0.5) is 0 Å². The molecule has 0 unspecified atom stereocenters. The van der Waals surface area contributed by atoms with Crippen LogP contribution < -0.4 is 10.9 Å². The number of aromatic nitrogens is 4. The average Bonchev–Trinajstić information content (AvgIpc) is 3.07. The minimum absolute atomic E-state index is 0.0835. The van der Waals surface area contributed by atoms with E-state index in [-0.39, 0.29) is 12.1 Å². The van der Waals surface area contributed by atoms with Crippen molar-refractivity contribution >= 4 is 5.91 Å². The van der Waals surface area contributed by atoms with Crippen LogP contribution in [0.15, 0.2) is 53.7 Å². The Labute approximate surface area is 132 Å². The Morgan fingerprint density at radius 1 is 1.26 bits per heavy atom. The molecule has 0 saturated heterocycles. The fraction of sp³-hybridized carbons (Fsp3) is 0.125. The number of nitrogens with zero attached hydrogens (tertiary/aromatic N) is 3. The van der Waals surface area contributed by atoms with Gasteiger partial charge in [0.15, 0.2) is 5.82 Å². The van der Waals surface area contributed by atoms with Crippen LogP contribution >= 0.6 is 0 Å². The van der Waals surface area contributed by atoms with Gasteiger partial charge < -0.3 is 10.3 Å². The van der Waals surface area contributed by atoms with Gasteiger partial charge in [-0.2, -0.15) is 5.10 Å². The lowest BCUT2D eigenvalue weighted by Crippen LogP contribution is -2.29. The average molecular weight is 309 g/mol. The minimum atomic E-state index is -0.429. The Morgan fingerprint density at radius 3 is 2.87 bits per heavy atom. The SMILES string of the molecule is Cc1ccc(C(=O)NCc2cccnc2-n2cccn2)c(=O)[nH]1. The highest BCUT2D eigenvalue weighted by molar-refractivity contribution is 5.93. The third-order valence-electron chi connectivity index (χ3n) is 3.33. The number of aromatic amines is 1. The van der Waals surface area contributed by atoms with Gasteiger partial charge in [0.2, 0.25) is 0 Å². The molecule has 23 heavy (non-hydrogen) atoms. The smallest absolute Gasteiger partial charge is 0.260 e. The lowest BCUT2D eigenvalue weighted by atomic mass is 10.2. The monoisotopic (exact) mass is 309 g/mol. The number of carbonyl (C=O) groups is 1. The van der Waals surface area contributed by atoms with Crippen molar-refractivity contribution in [2.45, 2.75) is 13.5 Å². The van der Waals surface area contributed by atoms with Crippen molar-refractivity contribution in [3.05, 3.63) is 76.1 Å². The number of carbonyl (C=O) groups excluding carboxylic acids is 1. The van der Waals surface area contributed by atoms with Gasteiger partial charge in [-0.3, -0.25) is 9.59 Å². The van der Waals surface area contributed by atoms with Crippen LogP contribution in [0.2, 0.25) is 0 Å². The normalized spacial score (nSPS) is 10.5. The number of hydrogen-bond acceptors (Lipinski definition) is 4. The van der Waals surface area contributed by atoms with E-state index in [1.807, 2.05) is 6.07 Å². The molecule has 3 aromatic rings. The summed E-state index contributed by atoms with van der Waals surface area (Å²) in [6, 6.07) is 8.64. The van der Waals surface area contributed by atoms with Gasteiger partial charge >= 0.3 is 0 Å². The lowest BCUT2D eigenvalue weighted by molar-refractivity contribution is 0.0949. The summed E-state index contributed by atoms with van der Waals surface area (Å²) >= 11 is 0. The second-order valence-corrected chi connectivity index (χ2v) is 5.00. The second kappa shape index (κ2) is 6.27. The van der Waals surface area contributed by atoms with Gasteiger partial charge in [0.1, 0.15) is 5.56 Å². The quantitative estimate of drug-likeness (QED) is 0.757. The van der Waals surface area contributed by atoms with Gasteiger partial charge in [-0.15, -0.1) is 0 Å². The predicted molar refractivity (Wildman–Crippen MR) is 84.3 cm³/mol. The molecular formula is C16H15N5O2. The molecule has 0 aliphatic rings. The van der Waals surface area contributed by atoms with Crippen molar-refractivity contribution in [1.82, 2.24) is 25.1 Å². The fourth-order valence-corrected chi connectivity index (χ4v) is 2.19. The summed E-state index contributed by atoms with van der Waals surface area (Å²) in [5, 5.41) is 6.88. The van der Waals surface area contributed by atoms with Crippen LogP contribution in [-0.4, -0.2) is 25.7 Å². The number of aryl methyl sites for hydroxylation is 1. The van der Waals surface area contributed by atoms with Crippen LogP contribution in [0.3, 0.4) is 0 Å². The maximum atomic E-state index is 12.2. The molecule has 116 valence electrons. The molecule has 3 rings (SSSR count). The molecule has 0 saturated carbocycles. The lowest BCUT2D eigenvalue weighted by Gasteiger charge is -2.09. The van der Waals surface area contributed by atoms with E-state index < -0.39 is 11.5 Å². The maximum absolute atomic E-state index is 12.2. The number of pyridine rings is 2. The van der Waals surface area contributed by atoms with Gasteiger partial charge in [0.05, 0.1) is 0 Å². The molecule has 0 aliphatic heterocycles. The van der Waals surface area contributed by atoms with Crippen LogP contribution in [0.5, 0.6) is 0 Å². The molecule has 0 aliphatic carbocycles. The molecule has 7 heteroatoms. The predicted octanol–water partition coefficient (Wildman–Crippen LogP) is 1.19. The molecule has 0 fully saturated rings. The zero-order chi connectivity index (χ0) is 16.2. The van der Waals surface area contributed by atoms with E-state index in [4.69, 9.17) is 0 Å². The summed E-state index contributed by atoms with van der Waals surface area (Å²) in [5.41, 5.74) is 1.19. The number of H-pyrrole nitrogens is 1. The summed E-state index contributed by atoms with van der Waals surface area (Å²) in [6.07, 6.45) is 5.09. The zero-order valence-electron chi connectivity index (χ0n) is 12.5. The summed E-state index contributed by atoms with van der Waals surface area (Å²) in [4.78, 5) is 30.9. The van der Waals surface area contributed by atoms with Crippen molar-refractivity contribution in [1.29, 1.82) is 0 Å².